The van der Waals surface area contributed by atoms with E-state index in [0.29, 0.717) is 23.3 Å². The van der Waals surface area contributed by atoms with Gasteiger partial charge < -0.3 is 8.98 Å². The van der Waals surface area contributed by atoms with Crippen LogP contribution >= 0.6 is 0 Å². The van der Waals surface area contributed by atoms with Crippen LogP contribution < -0.4 is 0 Å². The number of hydrogen-bond acceptors (Lipinski definition) is 6. The van der Waals surface area contributed by atoms with E-state index in [1.165, 1.54) is 10.8 Å². The molecular weight excluding hydrogens is 582 g/mol. The van der Waals surface area contributed by atoms with Gasteiger partial charge >= 0.3 is 0 Å². The van der Waals surface area contributed by atoms with E-state index in [0.717, 1.165) is 55.2 Å². The second kappa shape index (κ2) is 9.92. The molecule has 10 aromatic rings. The van der Waals surface area contributed by atoms with Gasteiger partial charge in [-0.1, -0.05) is 84.9 Å². The van der Waals surface area contributed by atoms with Gasteiger partial charge in [0, 0.05) is 33.0 Å². The van der Waals surface area contributed by atoms with Crippen LogP contribution in [0.2, 0.25) is 0 Å². The maximum absolute atomic E-state index is 6.43. The van der Waals surface area contributed by atoms with Crippen LogP contribution in [0.3, 0.4) is 0 Å². The van der Waals surface area contributed by atoms with Gasteiger partial charge in [0.05, 0.1) is 28.1 Å². The van der Waals surface area contributed by atoms with Crippen LogP contribution in [0.1, 0.15) is 0 Å². The zero-order valence-electron chi connectivity index (χ0n) is 24.8. The number of para-hydroxylation sites is 3. The van der Waals surface area contributed by atoms with Gasteiger partial charge in [0.15, 0.2) is 11.6 Å². The van der Waals surface area contributed by atoms with Gasteiger partial charge in [-0.3, -0.25) is 0 Å². The lowest BCUT2D eigenvalue weighted by Crippen LogP contribution is -2.06. The fraction of sp³-hybridized carbons (Fsp3) is 0. The number of hydrogen-bond donors (Lipinski definition) is 0. The molecule has 0 saturated heterocycles. The van der Waals surface area contributed by atoms with E-state index in [1.807, 2.05) is 59.2 Å². The van der Waals surface area contributed by atoms with Crippen molar-refractivity contribution in [1.29, 1.82) is 0 Å². The molecule has 0 radical (unpaired) electrons. The molecule has 0 bridgehead atoms. The summed E-state index contributed by atoms with van der Waals surface area (Å²) in [5.74, 6) is 1.53. The quantitative estimate of drug-likeness (QED) is 0.199. The van der Waals surface area contributed by atoms with Crippen molar-refractivity contribution in [1.82, 2.24) is 34.1 Å². The zero-order valence-corrected chi connectivity index (χ0v) is 24.8. The monoisotopic (exact) mass is 605 g/mol. The fourth-order valence-corrected chi connectivity index (χ4v) is 6.68. The SMILES string of the molecule is c1ccc(-c2nc(-c3ccc(-n4c5ccccc5c5ccccc54)cc3)nc(-n3c4cncnc4c4c5ccccc5oc43)n2)cc1. The molecule has 0 fully saturated rings. The molecule has 0 atom stereocenters. The molecule has 0 saturated carbocycles. The Kier molecular flexibility index (Phi) is 5.41. The Balaban J connectivity index is 1.19. The predicted molar refractivity (Wildman–Crippen MR) is 185 cm³/mol. The number of nitrogens with zero attached hydrogens (tertiary/aromatic N) is 7. The molecular formula is C39H23N7O. The van der Waals surface area contributed by atoms with Crippen LogP contribution in [0, 0.1) is 0 Å². The van der Waals surface area contributed by atoms with E-state index in [9.17, 15) is 0 Å². The minimum atomic E-state index is 0.425. The summed E-state index contributed by atoms with van der Waals surface area (Å²) in [7, 11) is 0. The first-order valence-corrected chi connectivity index (χ1v) is 15.3. The van der Waals surface area contributed by atoms with Crippen LogP contribution in [-0.4, -0.2) is 34.1 Å². The van der Waals surface area contributed by atoms with Gasteiger partial charge in [0.1, 0.15) is 17.4 Å². The Bertz CT molecular complexity index is 2740. The number of furan rings is 1. The molecule has 220 valence electrons. The van der Waals surface area contributed by atoms with Crippen LogP contribution in [0.25, 0.3) is 89.3 Å². The first kappa shape index (κ1) is 25.6. The fourth-order valence-electron chi connectivity index (χ4n) is 6.68. The molecule has 5 aromatic heterocycles. The summed E-state index contributed by atoms with van der Waals surface area (Å²) in [5.41, 5.74) is 8.03. The molecule has 0 aliphatic rings. The van der Waals surface area contributed by atoms with Crippen molar-refractivity contribution in [2.75, 3.05) is 0 Å². The van der Waals surface area contributed by atoms with Crippen molar-refractivity contribution >= 4 is 54.9 Å². The largest absolute Gasteiger partial charge is 0.439 e. The van der Waals surface area contributed by atoms with Crippen LogP contribution in [0.5, 0.6) is 0 Å². The summed E-state index contributed by atoms with van der Waals surface area (Å²) in [5, 5.41) is 4.32. The lowest BCUT2D eigenvalue weighted by Gasteiger charge is -2.11. The van der Waals surface area contributed by atoms with E-state index in [-0.39, 0.29) is 0 Å². The van der Waals surface area contributed by atoms with Gasteiger partial charge in [-0.05, 0) is 42.5 Å². The van der Waals surface area contributed by atoms with Crippen molar-refractivity contribution in [3.05, 3.63) is 140 Å². The Morgan fingerprint density at radius 1 is 0.511 bits per heavy atom. The molecule has 10 rings (SSSR count). The lowest BCUT2D eigenvalue weighted by molar-refractivity contribution is 0.641. The van der Waals surface area contributed by atoms with Gasteiger partial charge in [-0.2, -0.15) is 9.97 Å². The highest BCUT2D eigenvalue weighted by Crippen LogP contribution is 2.38. The number of fused-ring (bicyclic) bond motifs is 8. The topological polar surface area (TPSA) is 87.5 Å². The normalized spacial score (nSPS) is 11.8. The predicted octanol–water partition coefficient (Wildman–Crippen LogP) is 8.94. The van der Waals surface area contributed by atoms with Crippen LogP contribution in [-0.2, 0) is 0 Å². The molecule has 0 amide bonds. The Labute approximate surface area is 267 Å². The summed E-state index contributed by atoms with van der Waals surface area (Å²) in [6, 6.07) is 43.3. The summed E-state index contributed by atoms with van der Waals surface area (Å²) >= 11 is 0. The average Bonchev–Trinajstić information content (AvgIpc) is 3.79. The molecule has 0 aliphatic heterocycles. The molecule has 0 unspecified atom stereocenters. The molecule has 5 aromatic carbocycles. The van der Waals surface area contributed by atoms with Gasteiger partial charge in [-0.15, -0.1) is 0 Å². The van der Waals surface area contributed by atoms with E-state index in [2.05, 4.69) is 87.3 Å². The smallest absolute Gasteiger partial charge is 0.241 e. The number of aromatic nitrogens is 7. The molecule has 47 heavy (non-hydrogen) atoms. The Hall–Kier alpha value is -6.67. The number of rotatable bonds is 4. The molecule has 0 aliphatic carbocycles. The third kappa shape index (κ3) is 3.85. The number of benzene rings is 5. The van der Waals surface area contributed by atoms with Crippen molar-refractivity contribution < 1.29 is 4.42 Å². The Morgan fingerprint density at radius 2 is 1.13 bits per heavy atom. The summed E-state index contributed by atoms with van der Waals surface area (Å²) in [6.07, 6.45) is 3.33. The standard InChI is InChI=1S/C39H23N7O/c1-2-10-24(11-3-1)36-42-37(25-18-20-26(21-19-25)45-30-15-7-4-12-27(30)28-13-5-8-16-31(28)45)44-39(43-36)46-32-22-40-23-41-35(32)34-29-14-6-9-17-33(29)47-38(34)46/h1-23H. The minimum absolute atomic E-state index is 0.425. The summed E-state index contributed by atoms with van der Waals surface area (Å²) < 4.78 is 10.6. The summed E-state index contributed by atoms with van der Waals surface area (Å²) in [6.45, 7) is 0. The second-order valence-corrected chi connectivity index (χ2v) is 11.4. The van der Waals surface area contributed by atoms with E-state index >= 15 is 0 Å². The maximum atomic E-state index is 6.43. The molecule has 0 N–H and O–H groups in total. The molecule has 0 spiro atoms. The van der Waals surface area contributed by atoms with Crippen molar-refractivity contribution in [3.8, 4) is 34.4 Å². The van der Waals surface area contributed by atoms with Crippen LogP contribution in [0.15, 0.2) is 144 Å². The first-order chi connectivity index (χ1) is 23.3. The Morgan fingerprint density at radius 3 is 1.85 bits per heavy atom. The highest BCUT2D eigenvalue weighted by atomic mass is 16.3. The van der Waals surface area contributed by atoms with Crippen LogP contribution in [0.4, 0.5) is 0 Å². The van der Waals surface area contributed by atoms with Gasteiger partial charge in [-0.25, -0.2) is 19.5 Å². The van der Waals surface area contributed by atoms with Crippen molar-refractivity contribution in [2.24, 2.45) is 0 Å². The lowest BCUT2D eigenvalue weighted by atomic mass is 10.1. The highest BCUT2D eigenvalue weighted by molar-refractivity contribution is 6.18. The third-order valence-corrected chi connectivity index (χ3v) is 8.77. The second-order valence-electron chi connectivity index (χ2n) is 11.4. The van der Waals surface area contributed by atoms with E-state index in [4.69, 9.17) is 19.4 Å². The van der Waals surface area contributed by atoms with Gasteiger partial charge in [0.2, 0.25) is 11.7 Å². The molecule has 5 heterocycles. The molecule has 8 nitrogen and oxygen atoms in total. The minimum Gasteiger partial charge on any atom is -0.439 e. The maximum Gasteiger partial charge on any atom is 0.241 e. The first-order valence-electron chi connectivity index (χ1n) is 15.3. The summed E-state index contributed by atoms with van der Waals surface area (Å²) in [4.78, 5) is 24.0. The van der Waals surface area contributed by atoms with Crippen molar-refractivity contribution in [2.45, 2.75) is 0 Å². The zero-order chi connectivity index (χ0) is 30.9. The van der Waals surface area contributed by atoms with Gasteiger partial charge in [0.25, 0.3) is 0 Å². The van der Waals surface area contributed by atoms with Crippen molar-refractivity contribution in [3.63, 3.8) is 0 Å². The van der Waals surface area contributed by atoms with E-state index < -0.39 is 0 Å². The molecule has 8 heteroatoms. The average molecular weight is 606 g/mol. The van der Waals surface area contributed by atoms with E-state index in [1.54, 1.807) is 12.5 Å². The third-order valence-electron chi connectivity index (χ3n) is 8.77. The highest BCUT2D eigenvalue weighted by Gasteiger charge is 2.23.